The molecule has 0 N–H and O–H groups in total. The first-order valence-corrected chi connectivity index (χ1v) is 10.3. The molecule has 0 bridgehead atoms. The number of thiazole rings is 1. The lowest BCUT2D eigenvalue weighted by Gasteiger charge is -2.21. The van der Waals surface area contributed by atoms with E-state index in [2.05, 4.69) is 4.98 Å². The zero-order chi connectivity index (χ0) is 21.8. The molecule has 1 amide bonds. The van der Waals surface area contributed by atoms with Crippen LogP contribution in [0, 0.1) is 0 Å². The average Bonchev–Trinajstić information content (AvgIpc) is 3.27. The maximum Gasteiger partial charge on any atom is 0.264 e. The first-order chi connectivity index (χ1) is 15.2. The number of benzene rings is 2. The molecule has 8 heteroatoms. The molecule has 158 valence electrons. The lowest BCUT2D eigenvalue weighted by molar-refractivity contribution is 0.0982. The van der Waals surface area contributed by atoms with Gasteiger partial charge in [-0.15, -0.1) is 0 Å². The third kappa shape index (κ3) is 4.02. The molecule has 2 aromatic heterocycles. The van der Waals surface area contributed by atoms with Crippen LogP contribution in [0.5, 0.6) is 17.2 Å². The number of carbonyl (C=O) groups excluding carboxylic acids is 1. The van der Waals surface area contributed by atoms with Crippen molar-refractivity contribution in [1.29, 1.82) is 0 Å². The van der Waals surface area contributed by atoms with Gasteiger partial charge in [-0.1, -0.05) is 29.5 Å². The first-order valence-electron chi connectivity index (χ1n) is 9.51. The number of fused-ring (bicyclic) bond motifs is 1. The van der Waals surface area contributed by atoms with Crippen molar-refractivity contribution in [1.82, 2.24) is 9.97 Å². The zero-order valence-corrected chi connectivity index (χ0v) is 18.2. The summed E-state index contributed by atoms with van der Waals surface area (Å²) in [5.74, 6) is 1.56. The highest BCUT2D eigenvalue weighted by molar-refractivity contribution is 7.22. The number of para-hydroxylation sites is 1. The number of carbonyl (C=O) groups is 1. The predicted octanol–water partition coefficient (Wildman–Crippen LogP) is 4.56. The lowest BCUT2D eigenvalue weighted by atomic mass is 10.1. The molecule has 0 saturated carbocycles. The summed E-state index contributed by atoms with van der Waals surface area (Å²) in [4.78, 5) is 24.2. The molecule has 0 atom stereocenters. The van der Waals surface area contributed by atoms with Crippen molar-refractivity contribution in [3.05, 3.63) is 72.1 Å². The lowest BCUT2D eigenvalue weighted by Crippen LogP contribution is -2.30. The fourth-order valence-electron chi connectivity index (χ4n) is 3.26. The molecule has 2 heterocycles. The van der Waals surface area contributed by atoms with Crippen LogP contribution in [0.4, 0.5) is 5.13 Å². The highest BCUT2D eigenvalue weighted by Crippen LogP contribution is 2.41. The van der Waals surface area contributed by atoms with Crippen LogP contribution < -0.4 is 19.1 Å². The van der Waals surface area contributed by atoms with Crippen molar-refractivity contribution in [2.75, 3.05) is 26.2 Å². The van der Waals surface area contributed by atoms with Gasteiger partial charge in [0.1, 0.15) is 27.5 Å². The minimum absolute atomic E-state index is 0.224. The van der Waals surface area contributed by atoms with E-state index in [1.165, 1.54) is 11.3 Å². The second-order valence-electron chi connectivity index (χ2n) is 6.60. The summed E-state index contributed by atoms with van der Waals surface area (Å²) in [7, 11) is 4.74. The van der Waals surface area contributed by atoms with Crippen LogP contribution in [-0.2, 0) is 6.54 Å². The van der Waals surface area contributed by atoms with Gasteiger partial charge in [0.05, 0.1) is 33.4 Å². The smallest absolute Gasteiger partial charge is 0.264 e. The fraction of sp³-hybridized carbons (Fsp3) is 0.174. The summed E-state index contributed by atoms with van der Waals surface area (Å²) < 4.78 is 17.2. The molecule has 0 aliphatic carbocycles. The molecular weight excluding hydrogens is 414 g/mol. The van der Waals surface area contributed by atoms with E-state index in [0.29, 0.717) is 40.0 Å². The number of amides is 1. The number of anilines is 1. The third-order valence-electron chi connectivity index (χ3n) is 4.78. The topological polar surface area (TPSA) is 73.8 Å². The summed E-state index contributed by atoms with van der Waals surface area (Å²) in [5.41, 5.74) is 1.97. The van der Waals surface area contributed by atoms with Crippen LogP contribution in [-0.4, -0.2) is 37.2 Å². The van der Waals surface area contributed by atoms with E-state index in [1.807, 2.05) is 30.3 Å². The number of pyridine rings is 1. The molecule has 4 aromatic rings. The van der Waals surface area contributed by atoms with Crippen LogP contribution in [0.1, 0.15) is 15.9 Å². The van der Waals surface area contributed by atoms with Gasteiger partial charge >= 0.3 is 0 Å². The highest BCUT2D eigenvalue weighted by atomic mass is 32.1. The molecular formula is C23H21N3O4S. The number of hydrogen-bond acceptors (Lipinski definition) is 7. The van der Waals surface area contributed by atoms with E-state index in [0.717, 1.165) is 10.3 Å². The standard InChI is InChI=1S/C23H21N3O4S/c1-28-17-9-5-4-8-16(17)22(27)26(14-15-7-6-12-24-13-15)23-25-20-18(29-2)10-11-19(30-3)21(20)31-23/h4-13H,14H2,1-3H3. The van der Waals surface area contributed by atoms with Gasteiger partial charge in [-0.25, -0.2) is 4.98 Å². The second-order valence-corrected chi connectivity index (χ2v) is 7.57. The number of rotatable bonds is 7. The molecule has 0 aliphatic rings. The summed E-state index contributed by atoms with van der Waals surface area (Å²) in [5, 5.41) is 0.526. The Kier molecular flexibility index (Phi) is 5.99. The fourth-order valence-corrected chi connectivity index (χ4v) is 4.33. The van der Waals surface area contributed by atoms with Gasteiger partial charge in [0.25, 0.3) is 5.91 Å². The Hall–Kier alpha value is -3.65. The van der Waals surface area contributed by atoms with E-state index in [-0.39, 0.29) is 5.91 Å². The van der Waals surface area contributed by atoms with Crippen molar-refractivity contribution < 1.29 is 19.0 Å². The van der Waals surface area contributed by atoms with Crippen molar-refractivity contribution in [3.8, 4) is 17.2 Å². The van der Waals surface area contributed by atoms with Crippen LogP contribution in [0.3, 0.4) is 0 Å². The molecule has 0 saturated heterocycles. The van der Waals surface area contributed by atoms with Gasteiger partial charge in [0, 0.05) is 12.4 Å². The van der Waals surface area contributed by atoms with Gasteiger partial charge < -0.3 is 14.2 Å². The molecule has 31 heavy (non-hydrogen) atoms. The van der Waals surface area contributed by atoms with Gasteiger partial charge in [0.2, 0.25) is 0 Å². The number of aromatic nitrogens is 2. The van der Waals surface area contributed by atoms with Gasteiger partial charge in [-0.05, 0) is 35.9 Å². The molecule has 7 nitrogen and oxygen atoms in total. The molecule has 2 aromatic carbocycles. The quantitative estimate of drug-likeness (QED) is 0.424. The average molecular weight is 436 g/mol. The summed E-state index contributed by atoms with van der Waals surface area (Å²) >= 11 is 1.37. The maximum absolute atomic E-state index is 13.6. The second kappa shape index (κ2) is 9.01. The largest absolute Gasteiger partial charge is 0.496 e. The van der Waals surface area contributed by atoms with Crippen LogP contribution in [0.2, 0.25) is 0 Å². The molecule has 0 spiro atoms. The zero-order valence-electron chi connectivity index (χ0n) is 17.4. The molecule has 0 radical (unpaired) electrons. The van der Waals surface area contributed by atoms with E-state index in [4.69, 9.17) is 19.2 Å². The van der Waals surface area contributed by atoms with Crippen molar-refractivity contribution in [2.45, 2.75) is 6.54 Å². The summed E-state index contributed by atoms with van der Waals surface area (Å²) in [6.45, 7) is 0.301. The number of methoxy groups -OCH3 is 3. The van der Waals surface area contributed by atoms with Crippen molar-refractivity contribution in [3.63, 3.8) is 0 Å². The van der Waals surface area contributed by atoms with Crippen LogP contribution in [0.15, 0.2) is 60.9 Å². The van der Waals surface area contributed by atoms with Crippen molar-refractivity contribution >= 4 is 32.6 Å². The summed E-state index contributed by atoms with van der Waals surface area (Å²) in [6, 6.07) is 14.5. The Balaban J connectivity index is 1.85. The van der Waals surface area contributed by atoms with Gasteiger partial charge in [-0.2, -0.15) is 0 Å². The third-order valence-corrected chi connectivity index (χ3v) is 5.87. The molecule has 0 fully saturated rings. The maximum atomic E-state index is 13.6. The molecule has 0 unspecified atom stereocenters. The van der Waals surface area contributed by atoms with Gasteiger partial charge in [0.15, 0.2) is 5.13 Å². The normalized spacial score (nSPS) is 10.7. The number of nitrogens with zero attached hydrogens (tertiary/aromatic N) is 3. The monoisotopic (exact) mass is 435 g/mol. The SMILES string of the molecule is COc1ccccc1C(=O)N(Cc1cccnc1)c1nc2c(OC)ccc(OC)c2s1. The van der Waals surface area contributed by atoms with Crippen LogP contribution >= 0.6 is 11.3 Å². The Morgan fingerprint density at radius 1 is 0.935 bits per heavy atom. The van der Waals surface area contributed by atoms with E-state index < -0.39 is 0 Å². The minimum atomic E-state index is -0.224. The Labute approximate surface area is 183 Å². The first kappa shape index (κ1) is 20.6. The van der Waals surface area contributed by atoms with E-state index in [1.54, 1.807) is 56.8 Å². The Bertz CT molecular complexity index is 1170. The predicted molar refractivity (Wildman–Crippen MR) is 120 cm³/mol. The molecule has 0 aliphatic heterocycles. The van der Waals surface area contributed by atoms with E-state index in [9.17, 15) is 4.79 Å². The summed E-state index contributed by atoms with van der Waals surface area (Å²) in [6.07, 6.45) is 3.43. The van der Waals surface area contributed by atoms with Crippen LogP contribution in [0.25, 0.3) is 10.2 Å². The minimum Gasteiger partial charge on any atom is -0.496 e. The number of hydrogen-bond donors (Lipinski definition) is 0. The molecule has 4 rings (SSSR count). The highest BCUT2D eigenvalue weighted by Gasteiger charge is 2.26. The Morgan fingerprint density at radius 2 is 1.68 bits per heavy atom. The van der Waals surface area contributed by atoms with Crippen molar-refractivity contribution in [2.24, 2.45) is 0 Å². The van der Waals surface area contributed by atoms with Gasteiger partial charge in [-0.3, -0.25) is 14.7 Å². The number of ether oxygens (including phenoxy) is 3. The van der Waals surface area contributed by atoms with E-state index >= 15 is 0 Å². The Morgan fingerprint density at radius 3 is 2.39 bits per heavy atom.